The van der Waals surface area contributed by atoms with Crippen molar-refractivity contribution in [3.8, 4) is 0 Å². The number of halogens is 1. The number of thioether (sulfide) groups is 1. The van der Waals surface area contributed by atoms with Crippen molar-refractivity contribution < 1.29 is 14.4 Å². The molecule has 7 heteroatoms. The van der Waals surface area contributed by atoms with Gasteiger partial charge < -0.3 is 4.74 Å². The highest BCUT2D eigenvalue weighted by Gasteiger charge is 2.24. The highest BCUT2D eigenvalue weighted by molar-refractivity contribution is 9.10. The van der Waals surface area contributed by atoms with E-state index in [0.29, 0.717) is 13.0 Å². The number of amides is 1. The van der Waals surface area contributed by atoms with Crippen molar-refractivity contribution in [2.75, 3.05) is 27.9 Å². The van der Waals surface area contributed by atoms with Gasteiger partial charge in [-0.05, 0) is 33.8 Å². The van der Waals surface area contributed by atoms with Gasteiger partial charge in [-0.2, -0.15) is 0 Å². The van der Waals surface area contributed by atoms with Crippen LogP contribution in [0.2, 0.25) is 0 Å². The van der Waals surface area contributed by atoms with Crippen LogP contribution in [0.4, 0.5) is 0 Å². The molecule has 0 aliphatic carbocycles. The summed E-state index contributed by atoms with van der Waals surface area (Å²) in [5.74, 6) is -0.0557. The molecule has 0 aliphatic heterocycles. The van der Waals surface area contributed by atoms with Gasteiger partial charge in [-0.3, -0.25) is 9.63 Å². The average molecular weight is 354 g/mol. The largest absolute Gasteiger partial charge is 0.385 e. The van der Waals surface area contributed by atoms with E-state index in [9.17, 15) is 4.79 Å². The Morgan fingerprint density at radius 1 is 1.61 bits per heavy atom. The molecule has 102 valence electrons. The number of hydrogen-bond acceptors (Lipinski definition) is 5. The first kappa shape index (κ1) is 16.0. The van der Waals surface area contributed by atoms with E-state index in [1.807, 2.05) is 11.4 Å². The maximum absolute atomic E-state index is 12.1. The predicted molar refractivity (Wildman–Crippen MR) is 77.9 cm³/mol. The van der Waals surface area contributed by atoms with Gasteiger partial charge in [0, 0.05) is 25.2 Å². The molecule has 1 amide bonds. The minimum atomic E-state index is -0.204. The molecule has 1 aromatic rings. The normalized spacial score (nSPS) is 12.4. The molecule has 0 N–H and O–H groups in total. The second-order valence-electron chi connectivity index (χ2n) is 3.46. The number of methoxy groups -OCH3 is 1. The molecule has 18 heavy (non-hydrogen) atoms. The molecule has 1 aromatic heterocycles. The molecule has 0 saturated heterocycles. The van der Waals surface area contributed by atoms with Gasteiger partial charge in [0.15, 0.2) is 0 Å². The summed E-state index contributed by atoms with van der Waals surface area (Å²) >= 11 is 6.61. The van der Waals surface area contributed by atoms with Crippen molar-refractivity contribution >= 4 is 44.9 Å². The second kappa shape index (κ2) is 8.16. The summed E-state index contributed by atoms with van der Waals surface area (Å²) < 4.78 is 7.16. The number of thiophene rings is 1. The second-order valence-corrected chi connectivity index (χ2v) is 6.70. The third kappa shape index (κ3) is 4.55. The fraction of sp³-hybridized carbons (Fsp3) is 0.545. The monoisotopic (exact) mass is 353 g/mol. The van der Waals surface area contributed by atoms with E-state index in [1.54, 1.807) is 25.5 Å². The lowest BCUT2D eigenvalue weighted by Crippen LogP contribution is -2.34. The molecule has 0 saturated carbocycles. The molecule has 1 rings (SSSR count). The lowest BCUT2D eigenvalue weighted by Gasteiger charge is -2.20. The van der Waals surface area contributed by atoms with Crippen LogP contribution in [0, 0.1) is 0 Å². The standard InChI is InChI=1S/C11H16BrNO3S2/c1-13(16-3)10(14)9(4-6-15-2)18-11-8(12)5-7-17-11/h5,7,9H,4,6H2,1-3H3. The van der Waals surface area contributed by atoms with Crippen LogP contribution in [0.1, 0.15) is 6.42 Å². The van der Waals surface area contributed by atoms with Gasteiger partial charge >= 0.3 is 0 Å². The summed E-state index contributed by atoms with van der Waals surface area (Å²) in [5.41, 5.74) is 0. The van der Waals surface area contributed by atoms with Crippen molar-refractivity contribution in [1.29, 1.82) is 0 Å². The van der Waals surface area contributed by atoms with Gasteiger partial charge in [0.2, 0.25) is 0 Å². The molecule has 0 bridgehead atoms. The topological polar surface area (TPSA) is 38.8 Å². The highest BCUT2D eigenvalue weighted by Crippen LogP contribution is 2.36. The zero-order valence-electron chi connectivity index (χ0n) is 10.5. The van der Waals surface area contributed by atoms with Crippen LogP contribution in [0.5, 0.6) is 0 Å². The van der Waals surface area contributed by atoms with Crippen molar-refractivity contribution in [1.82, 2.24) is 5.06 Å². The average Bonchev–Trinajstić information content (AvgIpc) is 2.78. The number of nitrogens with zero attached hydrogens (tertiary/aromatic N) is 1. The smallest absolute Gasteiger partial charge is 0.259 e. The molecule has 1 unspecified atom stereocenters. The lowest BCUT2D eigenvalue weighted by atomic mass is 10.3. The minimum Gasteiger partial charge on any atom is -0.385 e. The van der Waals surface area contributed by atoms with Crippen LogP contribution in [-0.2, 0) is 14.4 Å². The third-order valence-electron chi connectivity index (χ3n) is 2.28. The molecule has 0 aliphatic rings. The molecular weight excluding hydrogens is 338 g/mol. The van der Waals surface area contributed by atoms with Crippen molar-refractivity contribution in [2.45, 2.75) is 15.9 Å². The summed E-state index contributed by atoms with van der Waals surface area (Å²) in [5, 5.41) is 3.05. The van der Waals surface area contributed by atoms with Gasteiger partial charge in [0.05, 0.1) is 16.6 Å². The van der Waals surface area contributed by atoms with E-state index in [-0.39, 0.29) is 11.2 Å². The summed E-state index contributed by atoms with van der Waals surface area (Å²) in [6.07, 6.45) is 0.651. The summed E-state index contributed by atoms with van der Waals surface area (Å²) in [6, 6.07) is 1.98. The Hall–Kier alpha value is -0.0800. The summed E-state index contributed by atoms with van der Waals surface area (Å²) in [6.45, 7) is 0.546. The number of hydroxylamine groups is 2. The predicted octanol–water partition coefficient (Wildman–Crippen LogP) is 3.03. The van der Waals surface area contributed by atoms with Crippen LogP contribution in [0.25, 0.3) is 0 Å². The van der Waals surface area contributed by atoms with E-state index >= 15 is 0 Å². The van der Waals surface area contributed by atoms with Crippen molar-refractivity contribution in [3.05, 3.63) is 15.9 Å². The Balaban J connectivity index is 2.72. The van der Waals surface area contributed by atoms with E-state index in [0.717, 1.165) is 8.68 Å². The fourth-order valence-electron chi connectivity index (χ4n) is 1.24. The molecule has 0 spiro atoms. The quantitative estimate of drug-likeness (QED) is 0.557. The summed E-state index contributed by atoms with van der Waals surface area (Å²) in [7, 11) is 4.73. The number of carbonyl (C=O) groups is 1. The Morgan fingerprint density at radius 2 is 2.33 bits per heavy atom. The van der Waals surface area contributed by atoms with Crippen molar-refractivity contribution in [3.63, 3.8) is 0 Å². The van der Waals surface area contributed by atoms with Gasteiger partial charge in [0.25, 0.3) is 5.91 Å². The number of carbonyl (C=O) groups excluding carboxylic acids is 1. The lowest BCUT2D eigenvalue weighted by molar-refractivity contribution is -0.168. The van der Waals surface area contributed by atoms with Crippen LogP contribution in [0.3, 0.4) is 0 Å². The highest BCUT2D eigenvalue weighted by atomic mass is 79.9. The zero-order valence-corrected chi connectivity index (χ0v) is 13.7. The van der Waals surface area contributed by atoms with Gasteiger partial charge in [-0.15, -0.1) is 23.1 Å². The molecule has 0 radical (unpaired) electrons. The molecule has 4 nitrogen and oxygen atoms in total. The first-order valence-electron chi connectivity index (χ1n) is 5.30. The van der Waals surface area contributed by atoms with Crippen LogP contribution in [0.15, 0.2) is 20.1 Å². The maximum atomic E-state index is 12.1. The van der Waals surface area contributed by atoms with E-state index in [4.69, 9.17) is 9.57 Å². The molecule has 0 fully saturated rings. The SMILES string of the molecule is COCCC(Sc1sccc1Br)C(=O)N(C)OC. The Labute approximate surface area is 124 Å². The van der Waals surface area contributed by atoms with Gasteiger partial charge in [-0.25, -0.2) is 5.06 Å². The third-order valence-corrected chi connectivity index (χ3v) is 5.90. The summed E-state index contributed by atoms with van der Waals surface area (Å²) in [4.78, 5) is 17.1. The van der Waals surface area contributed by atoms with Gasteiger partial charge in [-0.1, -0.05) is 0 Å². The van der Waals surface area contributed by atoms with Crippen LogP contribution in [-0.4, -0.2) is 44.1 Å². The van der Waals surface area contributed by atoms with Crippen molar-refractivity contribution in [2.24, 2.45) is 0 Å². The molecule has 1 atom stereocenters. The fourth-order valence-corrected chi connectivity index (χ4v) is 4.26. The first-order valence-corrected chi connectivity index (χ1v) is 7.85. The number of rotatable bonds is 7. The minimum absolute atomic E-state index is 0.0557. The van der Waals surface area contributed by atoms with E-state index in [2.05, 4.69) is 15.9 Å². The Bertz CT molecular complexity index is 386. The Kier molecular flexibility index (Phi) is 7.25. The zero-order chi connectivity index (χ0) is 13.5. The first-order chi connectivity index (χ1) is 8.60. The van der Waals surface area contributed by atoms with Crippen LogP contribution >= 0.6 is 39.0 Å². The molecular formula is C11H16BrNO3S2. The van der Waals surface area contributed by atoms with Gasteiger partial charge in [0.1, 0.15) is 0 Å². The molecule has 0 aromatic carbocycles. The number of hydrogen-bond donors (Lipinski definition) is 0. The molecule has 1 heterocycles. The van der Waals surface area contributed by atoms with E-state index in [1.165, 1.54) is 23.9 Å². The van der Waals surface area contributed by atoms with E-state index < -0.39 is 0 Å². The Morgan fingerprint density at radius 3 is 2.83 bits per heavy atom. The number of ether oxygens (including phenoxy) is 1. The van der Waals surface area contributed by atoms with Crippen LogP contribution < -0.4 is 0 Å². The maximum Gasteiger partial charge on any atom is 0.259 e.